The summed E-state index contributed by atoms with van der Waals surface area (Å²) in [5.74, 6) is 6.82. The smallest absolute Gasteiger partial charge is 0.123 e. The van der Waals surface area contributed by atoms with E-state index in [0.717, 1.165) is 24.3 Å². The van der Waals surface area contributed by atoms with Crippen LogP contribution in [-0.4, -0.2) is 12.1 Å². The van der Waals surface area contributed by atoms with E-state index in [1.807, 2.05) is 12.1 Å². The predicted octanol–water partition coefficient (Wildman–Crippen LogP) is 2.24. The molecule has 1 aromatic rings. The number of ether oxygens (including phenoxy) is 1. The molecule has 0 aliphatic heterocycles. The molecule has 0 amide bonds. The maximum Gasteiger partial charge on any atom is 0.123 e. The van der Waals surface area contributed by atoms with Crippen LogP contribution in [0.1, 0.15) is 25.5 Å². The SMILES string of the molecule is CCCC#Cc1cc(OC)ccn1. The number of hydrogen-bond acceptors (Lipinski definition) is 2. The van der Waals surface area contributed by atoms with Gasteiger partial charge in [-0.3, -0.25) is 0 Å². The average Bonchev–Trinajstić information content (AvgIpc) is 2.19. The molecule has 0 atom stereocenters. The molecule has 0 aliphatic rings. The molecule has 0 N–H and O–H groups in total. The van der Waals surface area contributed by atoms with Crippen molar-refractivity contribution in [3.63, 3.8) is 0 Å². The second kappa shape index (κ2) is 5.21. The summed E-state index contributed by atoms with van der Waals surface area (Å²) in [6.45, 7) is 2.10. The summed E-state index contributed by atoms with van der Waals surface area (Å²) in [7, 11) is 1.64. The molecule has 0 aliphatic carbocycles. The van der Waals surface area contributed by atoms with E-state index >= 15 is 0 Å². The highest BCUT2D eigenvalue weighted by molar-refractivity contribution is 5.33. The normalized spacial score (nSPS) is 8.77. The van der Waals surface area contributed by atoms with Crippen LogP contribution in [0.2, 0.25) is 0 Å². The van der Waals surface area contributed by atoms with Crippen LogP contribution in [0.15, 0.2) is 18.3 Å². The summed E-state index contributed by atoms with van der Waals surface area (Å²) >= 11 is 0. The molecule has 0 fully saturated rings. The lowest BCUT2D eigenvalue weighted by molar-refractivity contribution is 0.414. The lowest BCUT2D eigenvalue weighted by Crippen LogP contribution is -1.86. The Labute approximate surface area is 79.0 Å². The van der Waals surface area contributed by atoms with Crippen LogP contribution >= 0.6 is 0 Å². The van der Waals surface area contributed by atoms with Gasteiger partial charge < -0.3 is 4.74 Å². The molecule has 0 radical (unpaired) electrons. The van der Waals surface area contributed by atoms with E-state index < -0.39 is 0 Å². The minimum absolute atomic E-state index is 0.771. The van der Waals surface area contributed by atoms with Gasteiger partial charge in [-0.15, -0.1) is 0 Å². The van der Waals surface area contributed by atoms with Crippen LogP contribution in [0.5, 0.6) is 5.75 Å². The monoisotopic (exact) mass is 175 g/mol. The van der Waals surface area contributed by atoms with Gasteiger partial charge in [0, 0.05) is 18.7 Å². The number of hydrogen-bond donors (Lipinski definition) is 0. The number of aromatic nitrogens is 1. The summed E-state index contributed by atoms with van der Waals surface area (Å²) in [6.07, 6.45) is 3.70. The third-order valence-corrected chi connectivity index (χ3v) is 1.56. The first kappa shape index (κ1) is 9.60. The molecule has 0 saturated heterocycles. The summed E-state index contributed by atoms with van der Waals surface area (Å²) in [6, 6.07) is 3.65. The lowest BCUT2D eigenvalue weighted by Gasteiger charge is -1.97. The molecule has 68 valence electrons. The fraction of sp³-hybridized carbons (Fsp3) is 0.364. The summed E-state index contributed by atoms with van der Waals surface area (Å²) in [5.41, 5.74) is 0.771. The van der Waals surface area contributed by atoms with E-state index in [-0.39, 0.29) is 0 Å². The maximum atomic E-state index is 5.05. The molecule has 0 spiro atoms. The molecule has 1 heterocycles. The van der Waals surface area contributed by atoms with Gasteiger partial charge >= 0.3 is 0 Å². The summed E-state index contributed by atoms with van der Waals surface area (Å²) in [4.78, 5) is 4.11. The number of unbranched alkanes of at least 4 members (excludes halogenated alkanes) is 1. The molecule has 0 aromatic carbocycles. The van der Waals surface area contributed by atoms with E-state index in [1.54, 1.807) is 13.3 Å². The molecule has 0 unspecified atom stereocenters. The second-order valence-electron chi connectivity index (χ2n) is 2.63. The van der Waals surface area contributed by atoms with Crippen molar-refractivity contribution in [1.82, 2.24) is 4.98 Å². The van der Waals surface area contributed by atoms with E-state index in [1.165, 1.54) is 0 Å². The third kappa shape index (κ3) is 3.16. The van der Waals surface area contributed by atoms with E-state index in [2.05, 4.69) is 23.7 Å². The standard InChI is InChI=1S/C11H13NO/c1-3-4-5-6-10-9-11(13-2)7-8-12-10/h7-9H,3-4H2,1-2H3. The number of pyridine rings is 1. The van der Waals surface area contributed by atoms with Gasteiger partial charge in [0.05, 0.1) is 7.11 Å². The van der Waals surface area contributed by atoms with Gasteiger partial charge in [-0.1, -0.05) is 12.8 Å². The van der Waals surface area contributed by atoms with Crippen molar-refractivity contribution in [1.29, 1.82) is 0 Å². The molecule has 0 bridgehead atoms. The molecule has 1 aromatic heterocycles. The molecule has 13 heavy (non-hydrogen) atoms. The Morgan fingerprint density at radius 3 is 3.08 bits per heavy atom. The first-order valence-corrected chi connectivity index (χ1v) is 4.35. The highest BCUT2D eigenvalue weighted by Crippen LogP contribution is 2.08. The van der Waals surface area contributed by atoms with Gasteiger partial charge in [0.2, 0.25) is 0 Å². The van der Waals surface area contributed by atoms with Gasteiger partial charge in [-0.25, -0.2) is 4.98 Å². The van der Waals surface area contributed by atoms with E-state index in [0.29, 0.717) is 0 Å². The molecule has 2 nitrogen and oxygen atoms in total. The van der Waals surface area contributed by atoms with Gasteiger partial charge in [0.1, 0.15) is 11.4 Å². The van der Waals surface area contributed by atoms with Crippen molar-refractivity contribution < 1.29 is 4.74 Å². The Balaban J connectivity index is 2.73. The van der Waals surface area contributed by atoms with E-state index in [9.17, 15) is 0 Å². The Morgan fingerprint density at radius 2 is 2.38 bits per heavy atom. The highest BCUT2D eigenvalue weighted by atomic mass is 16.5. The van der Waals surface area contributed by atoms with Crippen LogP contribution in [0.25, 0.3) is 0 Å². The Morgan fingerprint density at radius 1 is 1.54 bits per heavy atom. The number of rotatable bonds is 2. The van der Waals surface area contributed by atoms with Crippen LogP contribution < -0.4 is 4.74 Å². The van der Waals surface area contributed by atoms with Gasteiger partial charge in [0.15, 0.2) is 0 Å². The summed E-state index contributed by atoms with van der Waals surface area (Å²) in [5, 5.41) is 0. The first-order valence-electron chi connectivity index (χ1n) is 4.35. The molecule has 1 rings (SSSR count). The van der Waals surface area contributed by atoms with Crippen molar-refractivity contribution in [3.05, 3.63) is 24.0 Å². The highest BCUT2D eigenvalue weighted by Gasteiger charge is 1.91. The lowest BCUT2D eigenvalue weighted by atomic mass is 10.3. The predicted molar refractivity (Wildman–Crippen MR) is 52.6 cm³/mol. The zero-order valence-corrected chi connectivity index (χ0v) is 8.00. The minimum atomic E-state index is 0.771. The zero-order chi connectivity index (χ0) is 9.52. The van der Waals surface area contributed by atoms with Crippen molar-refractivity contribution in [2.45, 2.75) is 19.8 Å². The van der Waals surface area contributed by atoms with Crippen molar-refractivity contribution in [3.8, 4) is 17.6 Å². The topological polar surface area (TPSA) is 22.1 Å². The van der Waals surface area contributed by atoms with Crippen LogP contribution in [0.4, 0.5) is 0 Å². The van der Waals surface area contributed by atoms with Gasteiger partial charge in [0.25, 0.3) is 0 Å². The van der Waals surface area contributed by atoms with Crippen molar-refractivity contribution in [2.75, 3.05) is 7.11 Å². The van der Waals surface area contributed by atoms with Crippen LogP contribution in [-0.2, 0) is 0 Å². The van der Waals surface area contributed by atoms with Crippen molar-refractivity contribution in [2.24, 2.45) is 0 Å². The third-order valence-electron chi connectivity index (χ3n) is 1.56. The van der Waals surface area contributed by atoms with Gasteiger partial charge in [-0.05, 0) is 18.4 Å². The molecular formula is C11H13NO. The second-order valence-corrected chi connectivity index (χ2v) is 2.63. The number of methoxy groups -OCH3 is 1. The van der Waals surface area contributed by atoms with Crippen LogP contribution in [0.3, 0.4) is 0 Å². The maximum absolute atomic E-state index is 5.05. The summed E-state index contributed by atoms with van der Waals surface area (Å²) < 4.78 is 5.05. The number of nitrogens with zero attached hydrogens (tertiary/aromatic N) is 1. The fourth-order valence-corrected chi connectivity index (χ4v) is 0.885. The Bertz CT molecular complexity index is 322. The quantitative estimate of drug-likeness (QED) is 0.643. The van der Waals surface area contributed by atoms with Gasteiger partial charge in [-0.2, -0.15) is 0 Å². The molecule has 2 heteroatoms. The van der Waals surface area contributed by atoms with Crippen LogP contribution in [0, 0.1) is 11.8 Å². The zero-order valence-electron chi connectivity index (χ0n) is 8.00. The Kier molecular flexibility index (Phi) is 3.84. The fourth-order valence-electron chi connectivity index (χ4n) is 0.885. The largest absolute Gasteiger partial charge is 0.497 e. The van der Waals surface area contributed by atoms with E-state index in [4.69, 9.17) is 4.74 Å². The van der Waals surface area contributed by atoms with Crippen molar-refractivity contribution >= 4 is 0 Å². The molecular weight excluding hydrogens is 162 g/mol. The minimum Gasteiger partial charge on any atom is -0.497 e. The average molecular weight is 175 g/mol. The first-order chi connectivity index (χ1) is 6.36. The Hall–Kier alpha value is -1.49. The molecule has 0 saturated carbocycles.